The minimum absolute atomic E-state index is 0.0232. The summed E-state index contributed by atoms with van der Waals surface area (Å²) in [6.07, 6.45) is 0.376. The van der Waals surface area contributed by atoms with Gasteiger partial charge in [0.2, 0.25) is 11.8 Å². The molecule has 0 aliphatic carbocycles. The van der Waals surface area contributed by atoms with Crippen molar-refractivity contribution in [2.45, 2.75) is 57.1 Å². The second-order valence-electron chi connectivity index (χ2n) is 7.98. The van der Waals surface area contributed by atoms with Gasteiger partial charge in [0.05, 0.1) is 0 Å². The van der Waals surface area contributed by atoms with Crippen LogP contribution in [0.5, 0.6) is 0 Å². The lowest BCUT2D eigenvalue weighted by Crippen LogP contribution is -2.52. The third-order valence-electron chi connectivity index (χ3n) is 4.24. The third-order valence-corrected chi connectivity index (χ3v) is 5.74. The summed E-state index contributed by atoms with van der Waals surface area (Å²) in [4.78, 5) is 28.6. The van der Waals surface area contributed by atoms with Crippen LogP contribution in [0, 0.1) is 0 Å². The molecular weight excluding hydrogens is 448 g/mol. The van der Waals surface area contributed by atoms with Gasteiger partial charge >= 0.3 is 0 Å². The number of benzene rings is 2. The van der Waals surface area contributed by atoms with E-state index in [1.54, 1.807) is 23.6 Å². The van der Waals surface area contributed by atoms with Gasteiger partial charge in [-0.1, -0.05) is 46.3 Å². The Hall–Kier alpha value is -1.79. The van der Waals surface area contributed by atoms with Gasteiger partial charge < -0.3 is 10.2 Å². The SMILES string of the molecule is CC(C(=O)NC(C)(C)C)N(Cc1cccc(Br)c1)C(=O)CCSc1ccccc1. The number of halogens is 1. The van der Waals surface area contributed by atoms with Gasteiger partial charge in [-0.05, 0) is 57.5 Å². The van der Waals surface area contributed by atoms with Gasteiger partial charge in [-0.3, -0.25) is 9.59 Å². The fraction of sp³-hybridized carbons (Fsp3) is 0.391. The van der Waals surface area contributed by atoms with Crippen molar-refractivity contribution in [1.29, 1.82) is 0 Å². The zero-order chi connectivity index (χ0) is 21.4. The molecule has 0 aliphatic rings. The maximum absolute atomic E-state index is 13.1. The molecule has 0 heterocycles. The van der Waals surface area contributed by atoms with Crippen LogP contribution in [0.15, 0.2) is 64.0 Å². The van der Waals surface area contributed by atoms with E-state index < -0.39 is 6.04 Å². The summed E-state index contributed by atoms with van der Waals surface area (Å²) in [6, 6.07) is 17.3. The molecule has 1 atom stereocenters. The van der Waals surface area contributed by atoms with Crippen molar-refractivity contribution < 1.29 is 9.59 Å². The van der Waals surface area contributed by atoms with Crippen molar-refractivity contribution in [3.63, 3.8) is 0 Å². The van der Waals surface area contributed by atoms with Crippen LogP contribution in [-0.4, -0.2) is 34.0 Å². The van der Waals surface area contributed by atoms with Crippen molar-refractivity contribution in [2.75, 3.05) is 5.75 Å². The lowest BCUT2D eigenvalue weighted by molar-refractivity contribution is -0.140. The second kappa shape index (κ2) is 10.8. The molecule has 0 bridgehead atoms. The van der Waals surface area contributed by atoms with Crippen LogP contribution >= 0.6 is 27.7 Å². The normalized spacial score (nSPS) is 12.3. The molecule has 0 saturated carbocycles. The van der Waals surface area contributed by atoms with E-state index in [4.69, 9.17) is 0 Å². The van der Waals surface area contributed by atoms with Crippen LogP contribution in [0.1, 0.15) is 39.7 Å². The highest BCUT2D eigenvalue weighted by molar-refractivity contribution is 9.10. The van der Waals surface area contributed by atoms with Gasteiger partial charge in [0, 0.05) is 33.6 Å². The zero-order valence-electron chi connectivity index (χ0n) is 17.4. The minimum atomic E-state index is -0.553. The Bertz CT molecular complexity index is 821. The topological polar surface area (TPSA) is 49.4 Å². The fourth-order valence-electron chi connectivity index (χ4n) is 2.81. The Balaban J connectivity index is 2.09. The maximum Gasteiger partial charge on any atom is 0.242 e. The molecule has 0 spiro atoms. The van der Waals surface area contributed by atoms with Crippen molar-refractivity contribution >= 4 is 39.5 Å². The van der Waals surface area contributed by atoms with Crippen molar-refractivity contribution in [3.05, 3.63) is 64.6 Å². The second-order valence-corrected chi connectivity index (χ2v) is 10.1. The number of nitrogens with one attached hydrogen (secondary N) is 1. The Morgan fingerprint density at radius 1 is 1.10 bits per heavy atom. The summed E-state index contributed by atoms with van der Waals surface area (Å²) in [5.41, 5.74) is 0.637. The van der Waals surface area contributed by atoms with Gasteiger partial charge in [-0.25, -0.2) is 0 Å². The number of amides is 2. The molecule has 2 aromatic rings. The van der Waals surface area contributed by atoms with E-state index >= 15 is 0 Å². The van der Waals surface area contributed by atoms with Gasteiger partial charge in [0.15, 0.2) is 0 Å². The van der Waals surface area contributed by atoms with Crippen molar-refractivity contribution in [2.24, 2.45) is 0 Å². The van der Waals surface area contributed by atoms with E-state index in [0.717, 1.165) is 14.9 Å². The number of carbonyl (C=O) groups excluding carboxylic acids is 2. The smallest absolute Gasteiger partial charge is 0.242 e. The quantitative estimate of drug-likeness (QED) is 0.528. The molecule has 0 fully saturated rings. The summed E-state index contributed by atoms with van der Waals surface area (Å²) < 4.78 is 0.953. The number of thioether (sulfide) groups is 1. The molecule has 2 aromatic carbocycles. The molecule has 1 unspecified atom stereocenters. The maximum atomic E-state index is 13.1. The van der Waals surface area contributed by atoms with E-state index in [9.17, 15) is 9.59 Å². The van der Waals surface area contributed by atoms with Gasteiger partial charge in [-0.2, -0.15) is 0 Å². The average molecular weight is 477 g/mol. The molecule has 4 nitrogen and oxygen atoms in total. The molecular formula is C23H29BrN2O2S. The standard InChI is InChI=1S/C23H29BrN2O2S/c1-17(22(28)25-23(2,3)4)26(16-18-9-8-10-19(24)15-18)21(27)13-14-29-20-11-6-5-7-12-20/h5-12,15,17H,13-14,16H2,1-4H3,(H,25,28). The van der Waals surface area contributed by atoms with Crippen molar-refractivity contribution in [3.8, 4) is 0 Å². The Morgan fingerprint density at radius 3 is 2.41 bits per heavy atom. The van der Waals surface area contributed by atoms with Crippen LogP contribution in [0.25, 0.3) is 0 Å². The van der Waals surface area contributed by atoms with E-state index in [-0.39, 0.29) is 17.4 Å². The summed E-state index contributed by atoms with van der Waals surface area (Å²) in [6.45, 7) is 8.01. The van der Waals surface area contributed by atoms with Crippen LogP contribution in [0.4, 0.5) is 0 Å². The molecule has 2 amide bonds. The largest absolute Gasteiger partial charge is 0.350 e. The Labute approximate surface area is 186 Å². The predicted molar refractivity (Wildman–Crippen MR) is 124 cm³/mol. The first kappa shape index (κ1) is 23.5. The van der Waals surface area contributed by atoms with Gasteiger partial charge in [0.1, 0.15) is 6.04 Å². The van der Waals surface area contributed by atoms with Crippen LogP contribution in [0.2, 0.25) is 0 Å². The molecule has 2 rings (SSSR count). The molecule has 0 saturated heterocycles. The van der Waals surface area contributed by atoms with Crippen LogP contribution < -0.4 is 5.32 Å². The van der Waals surface area contributed by atoms with Gasteiger partial charge in [-0.15, -0.1) is 11.8 Å². The molecule has 0 radical (unpaired) electrons. The summed E-state index contributed by atoms with van der Waals surface area (Å²) in [7, 11) is 0. The summed E-state index contributed by atoms with van der Waals surface area (Å²) in [5.74, 6) is 0.507. The summed E-state index contributed by atoms with van der Waals surface area (Å²) in [5, 5.41) is 2.99. The third kappa shape index (κ3) is 8.23. The van der Waals surface area contributed by atoms with E-state index in [0.29, 0.717) is 18.7 Å². The number of nitrogens with zero attached hydrogens (tertiary/aromatic N) is 1. The molecule has 156 valence electrons. The lowest BCUT2D eigenvalue weighted by atomic mass is 10.1. The highest BCUT2D eigenvalue weighted by atomic mass is 79.9. The summed E-state index contributed by atoms with van der Waals surface area (Å²) >= 11 is 5.13. The Morgan fingerprint density at radius 2 is 1.79 bits per heavy atom. The van der Waals surface area contributed by atoms with E-state index in [2.05, 4.69) is 21.2 Å². The number of hydrogen-bond acceptors (Lipinski definition) is 3. The highest BCUT2D eigenvalue weighted by Gasteiger charge is 2.28. The first-order valence-corrected chi connectivity index (χ1v) is 11.5. The van der Waals surface area contributed by atoms with Crippen LogP contribution in [0.3, 0.4) is 0 Å². The van der Waals surface area contributed by atoms with E-state index in [1.807, 2.05) is 75.4 Å². The Kier molecular flexibility index (Phi) is 8.78. The number of hydrogen-bond donors (Lipinski definition) is 1. The molecule has 1 N–H and O–H groups in total. The van der Waals surface area contributed by atoms with Crippen LogP contribution in [-0.2, 0) is 16.1 Å². The average Bonchev–Trinajstić information content (AvgIpc) is 2.65. The van der Waals surface area contributed by atoms with E-state index in [1.165, 1.54) is 0 Å². The zero-order valence-corrected chi connectivity index (χ0v) is 19.8. The molecule has 6 heteroatoms. The minimum Gasteiger partial charge on any atom is -0.350 e. The number of rotatable bonds is 8. The fourth-order valence-corrected chi connectivity index (χ4v) is 4.11. The molecule has 0 aliphatic heterocycles. The lowest BCUT2D eigenvalue weighted by Gasteiger charge is -2.31. The molecule has 29 heavy (non-hydrogen) atoms. The monoisotopic (exact) mass is 476 g/mol. The predicted octanol–water partition coefficient (Wildman–Crippen LogP) is 5.26. The number of carbonyl (C=O) groups is 2. The first-order chi connectivity index (χ1) is 13.7. The molecule has 0 aromatic heterocycles. The first-order valence-electron chi connectivity index (χ1n) is 9.69. The van der Waals surface area contributed by atoms with Gasteiger partial charge in [0.25, 0.3) is 0 Å². The highest BCUT2D eigenvalue weighted by Crippen LogP contribution is 2.20. The van der Waals surface area contributed by atoms with Crippen molar-refractivity contribution in [1.82, 2.24) is 10.2 Å².